The van der Waals surface area contributed by atoms with E-state index in [9.17, 15) is 14.3 Å². The Hall–Kier alpha value is -2.86. The van der Waals surface area contributed by atoms with E-state index in [2.05, 4.69) is 17.0 Å². The van der Waals surface area contributed by atoms with Crippen molar-refractivity contribution in [2.45, 2.75) is 38.2 Å². The van der Waals surface area contributed by atoms with Crippen LogP contribution < -0.4 is 4.74 Å². The Labute approximate surface area is 232 Å². The number of likely N-dealkylation sites (tertiary alicyclic amines) is 1. The molecule has 1 fully saturated rings. The number of allylic oxidation sites excluding steroid dienone is 1. The van der Waals surface area contributed by atoms with E-state index in [4.69, 9.17) is 27.9 Å². The fourth-order valence-electron chi connectivity index (χ4n) is 5.55. The van der Waals surface area contributed by atoms with Crippen LogP contribution in [0.4, 0.5) is 4.39 Å². The Morgan fingerprint density at radius 3 is 2.68 bits per heavy atom. The molecule has 38 heavy (non-hydrogen) atoms. The van der Waals surface area contributed by atoms with E-state index in [1.165, 1.54) is 0 Å². The predicted molar refractivity (Wildman–Crippen MR) is 151 cm³/mol. The van der Waals surface area contributed by atoms with E-state index in [0.717, 1.165) is 84.5 Å². The molecule has 1 heterocycles. The minimum atomic E-state index is -0.934. The van der Waals surface area contributed by atoms with Gasteiger partial charge in [0, 0.05) is 29.7 Å². The predicted octanol–water partition coefficient (Wildman–Crippen LogP) is 7.80. The van der Waals surface area contributed by atoms with Crippen LogP contribution in [0.5, 0.6) is 5.75 Å². The zero-order chi connectivity index (χ0) is 26.6. The lowest BCUT2D eigenvalue weighted by Crippen LogP contribution is -2.26. The Morgan fingerprint density at radius 2 is 1.89 bits per heavy atom. The molecule has 7 heteroatoms. The minimum Gasteiger partial charge on any atom is -0.489 e. The number of hydrogen-bond acceptors (Lipinski definition) is 3. The van der Waals surface area contributed by atoms with E-state index in [0.29, 0.717) is 16.5 Å². The number of hydrogen-bond donors (Lipinski definition) is 1. The first-order valence-electron chi connectivity index (χ1n) is 13.0. The fraction of sp³-hybridized carbons (Fsp3) is 0.323. The smallest absolute Gasteiger partial charge is 0.335 e. The minimum absolute atomic E-state index is 0.0589. The van der Waals surface area contributed by atoms with Gasteiger partial charge in [0.2, 0.25) is 0 Å². The second-order valence-corrected chi connectivity index (χ2v) is 10.8. The van der Waals surface area contributed by atoms with Gasteiger partial charge in [-0.05, 0) is 102 Å². The Morgan fingerprint density at radius 1 is 1.05 bits per heavy atom. The van der Waals surface area contributed by atoms with Crippen molar-refractivity contribution in [3.63, 3.8) is 0 Å². The van der Waals surface area contributed by atoms with Crippen LogP contribution in [0.3, 0.4) is 0 Å². The summed E-state index contributed by atoms with van der Waals surface area (Å²) in [6.07, 6.45) is 3.93. The first kappa shape index (κ1) is 26.7. The third kappa shape index (κ3) is 5.90. The van der Waals surface area contributed by atoms with E-state index in [1.807, 2.05) is 30.3 Å². The quantitative estimate of drug-likeness (QED) is 0.309. The van der Waals surface area contributed by atoms with Gasteiger partial charge in [0.1, 0.15) is 11.9 Å². The van der Waals surface area contributed by atoms with Crippen LogP contribution in [0, 0.1) is 0 Å². The topological polar surface area (TPSA) is 49.8 Å². The summed E-state index contributed by atoms with van der Waals surface area (Å²) >= 11 is 12.9. The first-order valence-corrected chi connectivity index (χ1v) is 13.8. The van der Waals surface area contributed by atoms with Crippen molar-refractivity contribution in [3.8, 4) is 5.75 Å². The number of ether oxygens (including phenoxy) is 1. The van der Waals surface area contributed by atoms with Crippen LogP contribution in [0.2, 0.25) is 10.0 Å². The van der Waals surface area contributed by atoms with Gasteiger partial charge >= 0.3 is 5.97 Å². The highest BCUT2D eigenvalue weighted by Gasteiger charge is 2.25. The number of aromatic carboxylic acids is 1. The summed E-state index contributed by atoms with van der Waals surface area (Å²) in [5.41, 5.74) is 6.33. The molecule has 1 unspecified atom stereocenters. The van der Waals surface area contributed by atoms with Crippen molar-refractivity contribution >= 4 is 40.3 Å². The molecule has 0 amide bonds. The maximum absolute atomic E-state index is 12.6. The lowest BCUT2D eigenvalue weighted by atomic mass is 9.87. The van der Waals surface area contributed by atoms with E-state index < -0.39 is 5.97 Å². The number of rotatable bonds is 8. The van der Waals surface area contributed by atoms with Crippen molar-refractivity contribution in [1.82, 2.24) is 4.90 Å². The molecule has 5 rings (SSSR count). The van der Waals surface area contributed by atoms with Gasteiger partial charge < -0.3 is 9.84 Å². The molecule has 1 saturated heterocycles. The maximum Gasteiger partial charge on any atom is 0.335 e. The van der Waals surface area contributed by atoms with E-state index in [1.54, 1.807) is 18.2 Å². The number of carbonyl (C=O) groups is 1. The van der Waals surface area contributed by atoms with Gasteiger partial charge in [0.15, 0.2) is 0 Å². The van der Waals surface area contributed by atoms with Crippen LogP contribution in [0.25, 0.3) is 11.1 Å². The highest BCUT2D eigenvalue weighted by Crippen LogP contribution is 2.43. The van der Waals surface area contributed by atoms with Crippen molar-refractivity contribution in [2.24, 2.45) is 0 Å². The molecule has 1 aliphatic heterocycles. The standard InChI is InChI=1S/C31H30Cl2FNO3/c32-23-9-11-27(29(33)18-23)28-7-2-4-20-16-22(31(36)37)8-10-26(20)30(28)21-5-1-6-24(17-21)38-25-12-15-35(19-25)14-3-13-34/h1,5-6,8-11,16-18,25H,2-4,7,12-15,19H2,(H,36,37). The van der Waals surface area contributed by atoms with Crippen LogP contribution >= 0.6 is 23.2 Å². The van der Waals surface area contributed by atoms with Crippen LogP contribution in [-0.2, 0) is 6.42 Å². The molecule has 0 saturated carbocycles. The number of carboxylic acids is 1. The molecule has 3 aromatic rings. The molecule has 0 bridgehead atoms. The molecule has 198 valence electrons. The average Bonchev–Trinajstić information content (AvgIpc) is 3.25. The number of nitrogens with zero attached hydrogens (tertiary/aromatic N) is 1. The number of fused-ring (bicyclic) bond motifs is 1. The summed E-state index contributed by atoms with van der Waals surface area (Å²) in [6.45, 7) is 2.16. The van der Waals surface area contributed by atoms with Gasteiger partial charge in [-0.2, -0.15) is 0 Å². The van der Waals surface area contributed by atoms with Gasteiger partial charge in [-0.25, -0.2) is 4.79 Å². The van der Waals surface area contributed by atoms with Crippen molar-refractivity contribution < 1.29 is 19.0 Å². The lowest BCUT2D eigenvalue weighted by molar-refractivity contribution is 0.0696. The average molecular weight is 554 g/mol. The van der Waals surface area contributed by atoms with Crippen LogP contribution in [-0.4, -0.2) is 48.4 Å². The van der Waals surface area contributed by atoms with Crippen LogP contribution in [0.1, 0.15) is 58.3 Å². The van der Waals surface area contributed by atoms with Crippen molar-refractivity contribution in [3.05, 3.63) is 98.5 Å². The zero-order valence-electron chi connectivity index (χ0n) is 21.1. The fourth-order valence-corrected chi connectivity index (χ4v) is 6.07. The second-order valence-electron chi connectivity index (χ2n) is 9.91. The summed E-state index contributed by atoms with van der Waals surface area (Å²) in [5.74, 6) is -0.155. The summed E-state index contributed by atoms with van der Waals surface area (Å²) in [4.78, 5) is 13.9. The molecule has 0 spiro atoms. The number of alkyl halides is 1. The maximum atomic E-state index is 12.6. The molecular formula is C31H30Cl2FNO3. The molecule has 4 nitrogen and oxygen atoms in total. The summed E-state index contributed by atoms with van der Waals surface area (Å²) in [5, 5.41) is 10.8. The van der Waals surface area contributed by atoms with Crippen molar-refractivity contribution in [2.75, 3.05) is 26.3 Å². The lowest BCUT2D eigenvalue weighted by Gasteiger charge is -2.20. The summed E-state index contributed by atoms with van der Waals surface area (Å²) in [6, 6.07) is 19.0. The van der Waals surface area contributed by atoms with E-state index >= 15 is 0 Å². The first-order chi connectivity index (χ1) is 18.4. The SMILES string of the molecule is O=C(O)c1ccc2c(c1)CCCC(c1ccc(Cl)cc1Cl)=C2c1cccc(OC2CCN(CCCF)C2)c1. The highest BCUT2D eigenvalue weighted by molar-refractivity contribution is 6.36. The zero-order valence-corrected chi connectivity index (χ0v) is 22.6. The second kappa shape index (κ2) is 11.9. The molecule has 1 atom stereocenters. The van der Waals surface area contributed by atoms with Gasteiger partial charge in [-0.1, -0.05) is 47.5 Å². The van der Waals surface area contributed by atoms with Crippen LogP contribution in [0.15, 0.2) is 60.7 Å². The normalized spacial score (nSPS) is 17.8. The van der Waals surface area contributed by atoms with Gasteiger partial charge in [-0.15, -0.1) is 0 Å². The molecule has 2 aliphatic rings. The Bertz CT molecular complexity index is 1370. The Balaban J connectivity index is 1.57. The molecule has 0 radical (unpaired) electrons. The third-order valence-corrected chi connectivity index (χ3v) is 7.86. The Kier molecular flexibility index (Phi) is 8.37. The van der Waals surface area contributed by atoms with E-state index in [-0.39, 0.29) is 18.3 Å². The van der Waals surface area contributed by atoms with Gasteiger partial charge in [-0.3, -0.25) is 9.29 Å². The number of aryl methyl sites for hydroxylation is 1. The van der Waals surface area contributed by atoms with Crippen molar-refractivity contribution in [1.29, 1.82) is 0 Å². The molecule has 1 N–H and O–H groups in total. The third-order valence-electron chi connectivity index (χ3n) is 7.32. The monoisotopic (exact) mass is 553 g/mol. The molecule has 1 aliphatic carbocycles. The molecular weight excluding hydrogens is 524 g/mol. The highest BCUT2D eigenvalue weighted by atomic mass is 35.5. The summed E-state index contributed by atoms with van der Waals surface area (Å²) in [7, 11) is 0. The largest absolute Gasteiger partial charge is 0.489 e. The number of halogens is 3. The number of carboxylic acid groups (broad SMARTS) is 1. The molecule has 0 aromatic heterocycles. The summed E-state index contributed by atoms with van der Waals surface area (Å²) < 4.78 is 19.0. The number of benzene rings is 3. The molecule has 3 aromatic carbocycles. The van der Waals surface area contributed by atoms with Gasteiger partial charge in [0.25, 0.3) is 0 Å². The van der Waals surface area contributed by atoms with Gasteiger partial charge in [0.05, 0.1) is 12.2 Å².